The Morgan fingerprint density at radius 2 is 1.92 bits per heavy atom. The lowest BCUT2D eigenvalue weighted by atomic mass is 9.87. The summed E-state index contributed by atoms with van der Waals surface area (Å²) in [6.07, 6.45) is 0.729. The van der Waals surface area contributed by atoms with Crippen LogP contribution in [0.5, 0.6) is 0 Å². The smallest absolute Gasteiger partial charge is 0.240 e. The van der Waals surface area contributed by atoms with Gasteiger partial charge < -0.3 is 4.90 Å². The first-order valence-electron chi connectivity index (χ1n) is 8.48. The standard InChI is InChI=1S/C18H28N2O3S/c1-7-13(4)19-24(22,23)14-8-9-16-15(10-14)18(5,6)11-20(16)17(21)12(2)3/h8-10,12-13,19H,7,11H2,1-6H3. The van der Waals surface area contributed by atoms with Crippen LogP contribution in [0.3, 0.4) is 0 Å². The number of carbonyl (C=O) groups is 1. The maximum Gasteiger partial charge on any atom is 0.240 e. The number of benzene rings is 1. The summed E-state index contributed by atoms with van der Waals surface area (Å²) in [5.41, 5.74) is 1.45. The SMILES string of the molecule is CCC(C)NS(=O)(=O)c1ccc2c(c1)C(C)(C)CN2C(=O)C(C)C. The highest BCUT2D eigenvalue weighted by Crippen LogP contribution is 2.42. The normalized spacial score (nSPS) is 17.9. The molecule has 5 nitrogen and oxygen atoms in total. The van der Waals surface area contributed by atoms with E-state index in [2.05, 4.69) is 4.72 Å². The highest BCUT2D eigenvalue weighted by Gasteiger charge is 2.39. The summed E-state index contributed by atoms with van der Waals surface area (Å²) in [6.45, 7) is 12.2. The molecular formula is C18H28N2O3S. The highest BCUT2D eigenvalue weighted by atomic mass is 32.2. The molecule has 134 valence electrons. The van der Waals surface area contributed by atoms with Crippen molar-refractivity contribution in [3.05, 3.63) is 23.8 Å². The lowest BCUT2D eigenvalue weighted by molar-refractivity contribution is -0.121. The quantitative estimate of drug-likeness (QED) is 0.886. The molecule has 0 aliphatic carbocycles. The number of nitrogens with zero attached hydrogens (tertiary/aromatic N) is 1. The van der Waals surface area contributed by atoms with Gasteiger partial charge in [-0.2, -0.15) is 0 Å². The van der Waals surface area contributed by atoms with E-state index in [1.807, 2.05) is 41.5 Å². The van der Waals surface area contributed by atoms with Gasteiger partial charge in [-0.25, -0.2) is 13.1 Å². The second kappa shape index (κ2) is 6.48. The van der Waals surface area contributed by atoms with Crippen LogP contribution in [0.25, 0.3) is 0 Å². The van der Waals surface area contributed by atoms with Crippen molar-refractivity contribution in [3.63, 3.8) is 0 Å². The molecule has 0 aromatic heterocycles. The van der Waals surface area contributed by atoms with Crippen LogP contribution in [0, 0.1) is 5.92 Å². The van der Waals surface area contributed by atoms with Gasteiger partial charge in [0.25, 0.3) is 0 Å². The van der Waals surface area contributed by atoms with E-state index in [0.29, 0.717) is 6.54 Å². The molecular weight excluding hydrogens is 324 g/mol. The predicted octanol–water partition coefficient (Wildman–Crippen LogP) is 3.04. The summed E-state index contributed by atoms with van der Waals surface area (Å²) in [5.74, 6) is -0.0302. The molecule has 0 spiro atoms. The maximum absolute atomic E-state index is 12.5. The number of sulfonamides is 1. The number of nitrogens with one attached hydrogen (secondary N) is 1. The predicted molar refractivity (Wildman–Crippen MR) is 96.7 cm³/mol. The molecule has 24 heavy (non-hydrogen) atoms. The van der Waals surface area contributed by atoms with E-state index in [0.717, 1.165) is 17.7 Å². The van der Waals surface area contributed by atoms with Gasteiger partial charge in [-0.15, -0.1) is 0 Å². The first-order chi connectivity index (χ1) is 11.0. The van der Waals surface area contributed by atoms with E-state index >= 15 is 0 Å². The lowest BCUT2D eigenvalue weighted by Crippen LogP contribution is -2.36. The zero-order valence-electron chi connectivity index (χ0n) is 15.4. The molecule has 1 aliphatic heterocycles. The molecule has 0 fully saturated rings. The van der Waals surface area contributed by atoms with Gasteiger partial charge in [0.1, 0.15) is 0 Å². The zero-order valence-corrected chi connectivity index (χ0v) is 16.2. The van der Waals surface area contributed by atoms with Gasteiger partial charge >= 0.3 is 0 Å². The largest absolute Gasteiger partial charge is 0.311 e. The number of amides is 1. The maximum atomic E-state index is 12.5. The number of carbonyl (C=O) groups excluding carboxylic acids is 1. The van der Waals surface area contributed by atoms with Gasteiger partial charge in [0.15, 0.2) is 0 Å². The summed E-state index contributed by atoms with van der Waals surface area (Å²) in [7, 11) is -3.55. The van der Waals surface area contributed by atoms with E-state index in [1.165, 1.54) is 0 Å². The second-order valence-electron chi connectivity index (χ2n) is 7.57. The summed E-state index contributed by atoms with van der Waals surface area (Å²) in [5, 5.41) is 0. The van der Waals surface area contributed by atoms with Gasteiger partial charge in [-0.05, 0) is 37.1 Å². The molecule has 1 amide bonds. The summed E-state index contributed by atoms with van der Waals surface area (Å²) in [6, 6.07) is 4.95. The third kappa shape index (κ3) is 3.49. The van der Waals surface area contributed by atoms with Gasteiger partial charge in [0.05, 0.1) is 4.90 Å². The number of anilines is 1. The molecule has 0 saturated heterocycles. The van der Waals surface area contributed by atoms with Gasteiger partial charge in [0.2, 0.25) is 15.9 Å². The summed E-state index contributed by atoms with van der Waals surface area (Å²) >= 11 is 0. The summed E-state index contributed by atoms with van der Waals surface area (Å²) in [4.78, 5) is 14.5. The van der Waals surface area contributed by atoms with Crippen LogP contribution >= 0.6 is 0 Å². The number of fused-ring (bicyclic) bond motifs is 1. The van der Waals surface area contributed by atoms with Crippen LogP contribution in [-0.4, -0.2) is 26.9 Å². The topological polar surface area (TPSA) is 66.5 Å². The van der Waals surface area contributed by atoms with Crippen LogP contribution in [0.4, 0.5) is 5.69 Å². The minimum absolute atomic E-state index is 0.0650. The van der Waals surface area contributed by atoms with Crippen molar-refractivity contribution in [1.29, 1.82) is 0 Å². The Morgan fingerprint density at radius 3 is 2.46 bits per heavy atom. The van der Waals surface area contributed by atoms with Crippen molar-refractivity contribution >= 4 is 21.6 Å². The van der Waals surface area contributed by atoms with Crippen molar-refractivity contribution in [1.82, 2.24) is 4.72 Å². The molecule has 1 aromatic carbocycles. The average molecular weight is 353 g/mol. The Bertz CT molecular complexity index is 739. The highest BCUT2D eigenvalue weighted by molar-refractivity contribution is 7.89. The first-order valence-corrected chi connectivity index (χ1v) is 9.96. The van der Waals surface area contributed by atoms with Gasteiger partial charge in [-0.1, -0.05) is 34.6 Å². The van der Waals surface area contributed by atoms with Crippen LogP contribution in [0.2, 0.25) is 0 Å². The molecule has 1 unspecified atom stereocenters. The molecule has 1 atom stereocenters. The Labute approximate surface area is 145 Å². The first kappa shape index (κ1) is 18.9. The summed E-state index contributed by atoms with van der Waals surface area (Å²) < 4.78 is 27.8. The number of rotatable bonds is 5. The molecule has 0 radical (unpaired) electrons. The Balaban J connectivity index is 2.46. The number of hydrogen-bond acceptors (Lipinski definition) is 3. The van der Waals surface area contributed by atoms with Crippen molar-refractivity contribution in [2.24, 2.45) is 5.92 Å². The van der Waals surface area contributed by atoms with E-state index in [1.54, 1.807) is 23.1 Å². The fourth-order valence-corrected chi connectivity index (χ4v) is 4.30. The van der Waals surface area contributed by atoms with Crippen molar-refractivity contribution in [2.75, 3.05) is 11.4 Å². The van der Waals surface area contributed by atoms with Crippen LogP contribution < -0.4 is 9.62 Å². The van der Waals surface area contributed by atoms with Crippen LogP contribution in [-0.2, 0) is 20.2 Å². The average Bonchev–Trinajstić information content (AvgIpc) is 2.77. The minimum atomic E-state index is -3.55. The lowest BCUT2D eigenvalue weighted by Gasteiger charge is -2.22. The molecule has 1 aromatic rings. The van der Waals surface area contributed by atoms with E-state index in [9.17, 15) is 13.2 Å². The molecule has 1 N–H and O–H groups in total. The van der Waals surface area contributed by atoms with Crippen molar-refractivity contribution in [3.8, 4) is 0 Å². The minimum Gasteiger partial charge on any atom is -0.311 e. The Hall–Kier alpha value is -1.40. The van der Waals surface area contributed by atoms with Crippen molar-refractivity contribution < 1.29 is 13.2 Å². The molecule has 1 heterocycles. The zero-order chi connectivity index (χ0) is 18.3. The molecule has 0 bridgehead atoms. The van der Waals surface area contributed by atoms with Crippen LogP contribution in [0.1, 0.15) is 53.5 Å². The molecule has 2 rings (SSSR count). The van der Waals surface area contributed by atoms with Crippen molar-refractivity contribution in [2.45, 2.75) is 64.3 Å². The molecule has 1 aliphatic rings. The van der Waals surface area contributed by atoms with Gasteiger partial charge in [0, 0.05) is 29.6 Å². The van der Waals surface area contributed by atoms with Gasteiger partial charge in [-0.3, -0.25) is 4.79 Å². The second-order valence-corrected chi connectivity index (χ2v) is 9.29. The number of hydrogen-bond donors (Lipinski definition) is 1. The molecule has 0 saturated carbocycles. The van der Waals surface area contributed by atoms with E-state index in [-0.39, 0.29) is 28.2 Å². The van der Waals surface area contributed by atoms with E-state index < -0.39 is 10.0 Å². The third-order valence-corrected chi connectivity index (χ3v) is 6.17. The Morgan fingerprint density at radius 1 is 1.29 bits per heavy atom. The van der Waals surface area contributed by atoms with E-state index in [4.69, 9.17) is 0 Å². The fourth-order valence-electron chi connectivity index (χ4n) is 2.95. The third-order valence-electron chi connectivity index (χ3n) is 4.58. The van der Waals surface area contributed by atoms with Crippen LogP contribution in [0.15, 0.2) is 23.1 Å². The monoisotopic (exact) mass is 352 g/mol. The Kier molecular flexibility index (Phi) is 5.11. The fraction of sp³-hybridized carbons (Fsp3) is 0.611. The molecule has 6 heteroatoms.